The molecule has 0 N–H and O–H groups in total. The van der Waals surface area contributed by atoms with Gasteiger partial charge >= 0.3 is 0 Å². The van der Waals surface area contributed by atoms with Gasteiger partial charge in [0, 0.05) is 12.8 Å². The third-order valence-electron chi connectivity index (χ3n) is 2.84. The molecular formula is C10H22NO4P. The molecule has 0 bridgehead atoms. The largest absolute Gasteiger partial charge is 0.756 e. The molecule has 0 aromatic rings. The Morgan fingerprint density at radius 3 is 2.44 bits per heavy atom. The number of rotatable bonds is 5. The number of hydrogen-bond donors (Lipinski definition) is 0. The van der Waals surface area contributed by atoms with Crippen LogP contribution in [0.2, 0.25) is 0 Å². The molecule has 1 fully saturated rings. The molecule has 1 unspecified atom stereocenters. The molecule has 0 aromatic carbocycles. The lowest BCUT2D eigenvalue weighted by molar-refractivity contribution is -0.896. The second kappa shape index (κ2) is 5.61. The van der Waals surface area contributed by atoms with Crippen LogP contribution in [0.3, 0.4) is 0 Å². The summed E-state index contributed by atoms with van der Waals surface area (Å²) in [5, 5.41) is 0. The molecule has 0 spiro atoms. The highest BCUT2D eigenvalue weighted by Gasteiger charge is 2.29. The molecule has 0 saturated carbocycles. The highest BCUT2D eigenvalue weighted by atomic mass is 31.2. The Labute approximate surface area is 97.6 Å². The third kappa shape index (κ3) is 4.93. The van der Waals surface area contributed by atoms with Crippen LogP contribution in [0.15, 0.2) is 0 Å². The van der Waals surface area contributed by atoms with Gasteiger partial charge in [-0.15, -0.1) is 0 Å². The summed E-state index contributed by atoms with van der Waals surface area (Å²) in [4.78, 5) is 11.4. The maximum Gasteiger partial charge on any atom is 0.268 e. The summed E-state index contributed by atoms with van der Waals surface area (Å²) >= 11 is 0. The van der Waals surface area contributed by atoms with Crippen molar-refractivity contribution >= 4 is 7.82 Å². The number of quaternary nitrogens is 1. The molecule has 1 atom stereocenters. The van der Waals surface area contributed by atoms with E-state index in [0.29, 0.717) is 6.42 Å². The van der Waals surface area contributed by atoms with Crippen molar-refractivity contribution in [3.05, 3.63) is 0 Å². The predicted octanol–water partition coefficient (Wildman–Crippen LogP) is 1.14. The molecule has 1 saturated heterocycles. The topological polar surface area (TPSA) is 58.6 Å². The van der Waals surface area contributed by atoms with Crippen LogP contribution in [0.5, 0.6) is 0 Å². The van der Waals surface area contributed by atoms with Crippen LogP contribution in [0.4, 0.5) is 0 Å². The number of nitrogens with zero attached hydrogens (tertiary/aromatic N) is 1. The van der Waals surface area contributed by atoms with Crippen LogP contribution in [0.1, 0.15) is 26.2 Å². The van der Waals surface area contributed by atoms with Crippen molar-refractivity contribution in [2.45, 2.75) is 32.3 Å². The van der Waals surface area contributed by atoms with E-state index in [4.69, 9.17) is 9.05 Å². The first-order valence-electron chi connectivity index (χ1n) is 5.81. The molecule has 0 aromatic heterocycles. The summed E-state index contributed by atoms with van der Waals surface area (Å²) in [7, 11) is 0.203. The number of piperidine rings is 1. The van der Waals surface area contributed by atoms with E-state index in [1.54, 1.807) is 0 Å². The van der Waals surface area contributed by atoms with Crippen LogP contribution in [-0.2, 0) is 13.6 Å². The maximum absolute atomic E-state index is 11.4. The Hall–Kier alpha value is 0.0700. The number of phosphoric acid groups is 1. The van der Waals surface area contributed by atoms with Gasteiger partial charge in [0.15, 0.2) is 0 Å². The quantitative estimate of drug-likeness (QED) is 0.543. The van der Waals surface area contributed by atoms with Gasteiger partial charge in [-0.05, 0) is 6.42 Å². The van der Waals surface area contributed by atoms with E-state index in [1.165, 1.54) is 0 Å². The standard InChI is InChI=1S/C10H22NO4P/c1-4-9-14-16(12,13)15-10-5-7-11(2,3)8-6-10/h10H,4-9H2,1-3H3. The zero-order valence-electron chi connectivity index (χ0n) is 10.3. The summed E-state index contributed by atoms with van der Waals surface area (Å²) in [5.74, 6) is 0. The third-order valence-corrected chi connectivity index (χ3v) is 3.90. The molecule has 1 heterocycles. The Morgan fingerprint density at radius 2 is 1.94 bits per heavy atom. The first kappa shape index (κ1) is 14.1. The Morgan fingerprint density at radius 1 is 1.38 bits per heavy atom. The minimum atomic E-state index is -4.08. The van der Waals surface area contributed by atoms with Crippen molar-refractivity contribution in [2.24, 2.45) is 0 Å². The van der Waals surface area contributed by atoms with Crippen LogP contribution in [0.25, 0.3) is 0 Å². The summed E-state index contributed by atoms with van der Waals surface area (Å²) < 4.78 is 22.1. The highest BCUT2D eigenvalue weighted by molar-refractivity contribution is 7.45. The molecule has 5 nitrogen and oxygen atoms in total. The van der Waals surface area contributed by atoms with E-state index in [1.807, 2.05) is 6.92 Å². The Bertz CT molecular complexity index is 260. The smallest absolute Gasteiger partial charge is 0.268 e. The van der Waals surface area contributed by atoms with Crippen molar-refractivity contribution in [3.63, 3.8) is 0 Å². The van der Waals surface area contributed by atoms with Gasteiger partial charge in [-0.1, -0.05) is 6.92 Å². The zero-order chi connectivity index (χ0) is 12.2. The van der Waals surface area contributed by atoms with Gasteiger partial charge in [0.25, 0.3) is 7.82 Å². The van der Waals surface area contributed by atoms with Crippen LogP contribution in [0, 0.1) is 0 Å². The van der Waals surface area contributed by atoms with Crippen molar-refractivity contribution in [1.82, 2.24) is 0 Å². The first-order valence-corrected chi connectivity index (χ1v) is 7.27. The van der Waals surface area contributed by atoms with Crippen LogP contribution in [-0.4, -0.2) is 44.4 Å². The molecule has 1 rings (SSSR count). The zero-order valence-corrected chi connectivity index (χ0v) is 11.2. The van der Waals surface area contributed by atoms with Gasteiger partial charge in [-0.2, -0.15) is 0 Å². The lowest BCUT2D eigenvalue weighted by atomic mass is 10.1. The molecule has 16 heavy (non-hydrogen) atoms. The second-order valence-electron chi connectivity index (χ2n) is 4.97. The molecule has 1 aliphatic rings. The van der Waals surface area contributed by atoms with E-state index >= 15 is 0 Å². The predicted molar refractivity (Wildman–Crippen MR) is 59.8 cm³/mol. The molecule has 6 heteroatoms. The monoisotopic (exact) mass is 251 g/mol. The number of hydrogen-bond acceptors (Lipinski definition) is 4. The fourth-order valence-electron chi connectivity index (χ4n) is 1.76. The van der Waals surface area contributed by atoms with E-state index in [2.05, 4.69) is 14.1 Å². The van der Waals surface area contributed by atoms with Gasteiger partial charge in [-0.3, -0.25) is 4.57 Å². The fraction of sp³-hybridized carbons (Fsp3) is 1.00. The van der Waals surface area contributed by atoms with Crippen LogP contribution < -0.4 is 4.89 Å². The molecule has 96 valence electrons. The van der Waals surface area contributed by atoms with Gasteiger partial charge in [0.05, 0.1) is 39.9 Å². The highest BCUT2D eigenvalue weighted by Crippen LogP contribution is 2.41. The normalized spacial score (nSPS) is 25.2. The molecule has 0 amide bonds. The molecule has 0 aliphatic carbocycles. The minimum Gasteiger partial charge on any atom is -0.756 e. The van der Waals surface area contributed by atoms with E-state index in [0.717, 1.165) is 30.4 Å². The number of likely N-dealkylation sites (tertiary alicyclic amines) is 1. The van der Waals surface area contributed by atoms with Crippen LogP contribution >= 0.6 is 7.82 Å². The van der Waals surface area contributed by atoms with Crippen molar-refractivity contribution in [3.8, 4) is 0 Å². The Kier molecular flexibility index (Phi) is 4.95. The minimum absolute atomic E-state index is 0.202. The number of phosphoric ester groups is 1. The average molecular weight is 251 g/mol. The lowest BCUT2D eigenvalue weighted by Gasteiger charge is -2.38. The first-order chi connectivity index (χ1) is 7.35. The SMILES string of the molecule is CCCOP(=O)([O-])OC1CC[N+](C)(C)CC1. The summed E-state index contributed by atoms with van der Waals surface area (Å²) in [5.41, 5.74) is 0. The maximum atomic E-state index is 11.4. The summed E-state index contributed by atoms with van der Waals surface area (Å²) in [6, 6.07) is 0. The van der Waals surface area contributed by atoms with Gasteiger partial charge in [-0.25, -0.2) is 0 Å². The Balaban J connectivity index is 2.35. The second-order valence-corrected chi connectivity index (χ2v) is 6.33. The molecule has 1 aliphatic heterocycles. The van der Waals surface area contributed by atoms with Crippen molar-refractivity contribution < 1.29 is 23.0 Å². The van der Waals surface area contributed by atoms with Gasteiger partial charge in [0.2, 0.25) is 0 Å². The fourth-order valence-corrected chi connectivity index (χ4v) is 2.81. The van der Waals surface area contributed by atoms with Crippen molar-refractivity contribution in [1.29, 1.82) is 0 Å². The van der Waals surface area contributed by atoms with Gasteiger partial charge in [0.1, 0.15) is 0 Å². The van der Waals surface area contributed by atoms with E-state index in [9.17, 15) is 9.46 Å². The van der Waals surface area contributed by atoms with E-state index in [-0.39, 0.29) is 12.7 Å². The molecule has 0 radical (unpaired) electrons. The van der Waals surface area contributed by atoms with Gasteiger partial charge < -0.3 is 18.4 Å². The summed E-state index contributed by atoms with van der Waals surface area (Å²) in [6.07, 6.45) is 2.01. The van der Waals surface area contributed by atoms with E-state index < -0.39 is 7.82 Å². The average Bonchev–Trinajstić information content (AvgIpc) is 2.18. The summed E-state index contributed by atoms with van der Waals surface area (Å²) in [6.45, 7) is 3.95. The lowest BCUT2D eigenvalue weighted by Crippen LogP contribution is -2.48. The molecular weight excluding hydrogens is 229 g/mol. The van der Waals surface area contributed by atoms with Crippen molar-refractivity contribution in [2.75, 3.05) is 33.8 Å².